The van der Waals surface area contributed by atoms with E-state index >= 15 is 0 Å². The van der Waals surface area contributed by atoms with E-state index in [0.717, 1.165) is 42.9 Å². The standard InChI is InChI=1S/C23H34N4O4S2/c1-25-20-8-7-19(17-21(20)32-23(25)29)33(30,31)27-15-9-18(10-16-27)22(28)24-11-6-14-26-12-4-2-3-5-13-26/h7-8,17-18H,2-6,9-16H2,1H3,(H,24,28). The first-order valence-corrected chi connectivity index (χ1v) is 14.2. The highest BCUT2D eigenvalue weighted by molar-refractivity contribution is 7.89. The Morgan fingerprint density at radius 3 is 2.48 bits per heavy atom. The molecule has 1 amide bonds. The molecule has 0 radical (unpaired) electrons. The van der Waals surface area contributed by atoms with Crippen LogP contribution in [0.25, 0.3) is 10.2 Å². The Morgan fingerprint density at radius 1 is 1.09 bits per heavy atom. The molecule has 0 aliphatic carbocycles. The number of hydrogen-bond acceptors (Lipinski definition) is 6. The summed E-state index contributed by atoms with van der Waals surface area (Å²) in [4.78, 5) is 27.0. The lowest BCUT2D eigenvalue weighted by Gasteiger charge is -2.30. The smallest absolute Gasteiger partial charge is 0.307 e. The molecule has 182 valence electrons. The highest BCUT2D eigenvalue weighted by Crippen LogP contribution is 2.27. The monoisotopic (exact) mass is 494 g/mol. The van der Waals surface area contributed by atoms with Crippen molar-refractivity contribution in [3.05, 3.63) is 27.9 Å². The number of nitrogens with one attached hydrogen (secondary N) is 1. The molecular formula is C23H34N4O4S2. The quantitative estimate of drug-likeness (QED) is 0.597. The molecule has 3 heterocycles. The van der Waals surface area contributed by atoms with Crippen molar-refractivity contribution in [3.63, 3.8) is 0 Å². The van der Waals surface area contributed by atoms with Crippen LogP contribution < -0.4 is 10.2 Å². The number of amides is 1. The molecule has 2 aliphatic rings. The third-order valence-corrected chi connectivity index (χ3v) is 9.77. The molecule has 0 atom stereocenters. The number of hydrogen-bond donors (Lipinski definition) is 1. The molecule has 1 aromatic carbocycles. The van der Waals surface area contributed by atoms with Crippen LogP contribution in [0, 0.1) is 5.92 Å². The summed E-state index contributed by atoms with van der Waals surface area (Å²) in [5.74, 6) is -0.102. The summed E-state index contributed by atoms with van der Waals surface area (Å²) in [5, 5.41) is 3.06. The van der Waals surface area contributed by atoms with Gasteiger partial charge in [0.1, 0.15) is 0 Å². The van der Waals surface area contributed by atoms with Gasteiger partial charge in [-0.15, -0.1) is 0 Å². The molecule has 8 nitrogen and oxygen atoms in total. The number of carbonyl (C=O) groups is 1. The van der Waals surface area contributed by atoms with Crippen LogP contribution in [-0.4, -0.2) is 67.4 Å². The second-order valence-corrected chi connectivity index (χ2v) is 12.1. The van der Waals surface area contributed by atoms with Crippen LogP contribution in [0.15, 0.2) is 27.9 Å². The number of aryl methyl sites for hydroxylation is 1. The SMILES string of the molecule is Cn1c(=O)sc2cc(S(=O)(=O)N3CCC(C(=O)NCCCN4CCCCCC4)CC3)ccc21. The topological polar surface area (TPSA) is 91.7 Å². The molecular weight excluding hydrogens is 460 g/mol. The van der Waals surface area contributed by atoms with E-state index in [1.165, 1.54) is 34.6 Å². The first-order chi connectivity index (χ1) is 15.9. The van der Waals surface area contributed by atoms with Gasteiger partial charge in [-0.05, 0) is 69.9 Å². The molecule has 2 aliphatic heterocycles. The third kappa shape index (κ3) is 5.67. The normalized spacial score (nSPS) is 19.5. The Bertz CT molecular complexity index is 1130. The van der Waals surface area contributed by atoms with Gasteiger partial charge in [0.25, 0.3) is 0 Å². The summed E-state index contributed by atoms with van der Waals surface area (Å²) in [7, 11) is -1.97. The lowest BCUT2D eigenvalue weighted by Crippen LogP contribution is -2.43. The second-order valence-electron chi connectivity index (χ2n) is 9.14. The van der Waals surface area contributed by atoms with Crippen LogP contribution in [0.5, 0.6) is 0 Å². The first kappa shape index (κ1) is 24.4. The number of carbonyl (C=O) groups excluding carboxylic acids is 1. The molecule has 10 heteroatoms. The minimum Gasteiger partial charge on any atom is -0.356 e. The van der Waals surface area contributed by atoms with Crippen molar-refractivity contribution >= 4 is 37.5 Å². The van der Waals surface area contributed by atoms with Gasteiger partial charge in [-0.3, -0.25) is 9.59 Å². The van der Waals surface area contributed by atoms with E-state index in [1.807, 2.05) is 0 Å². The fourth-order valence-corrected chi connectivity index (χ4v) is 7.29. The molecule has 2 saturated heterocycles. The Morgan fingerprint density at radius 2 is 1.79 bits per heavy atom. The van der Waals surface area contributed by atoms with Crippen molar-refractivity contribution in [2.75, 3.05) is 39.3 Å². The average molecular weight is 495 g/mol. The van der Waals surface area contributed by atoms with E-state index < -0.39 is 10.0 Å². The van der Waals surface area contributed by atoms with Crippen molar-refractivity contribution in [3.8, 4) is 0 Å². The van der Waals surface area contributed by atoms with Gasteiger partial charge in [-0.1, -0.05) is 24.2 Å². The number of aromatic nitrogens is 1. The molecule has 2 fully saturated rings. The molecule has 0 spiro atoms. The lowest BCUT2D eigenvalue weighted by atomic mass is 9.97. The number of likely N-dealkylation sites (tertiary alicyclic amines) is 1. The van der Waals surface area contributed by atoms with Crippen LogP contribution in [0.2, 0.25) is 0 Å². The maximum Gasteiger partial charge on any atom is 0.307 e. The van der Waals surface area contributed by atoms with Crippen molar-refractivity contribution < 1.29 is 13.2 Å². The van der Waals surface area contributed by atoms with Crippen LogP contribution in [0.3, 0.4) is 0 Å². The largest absolute Gasteiger partial charge is 0.356 e. The lowest BCUT2D eigenvalue weighted by molar-refractivity contribution is -0.126. The zero-order chi connectivity index (χ0) is 23.4. The van der Waals surface area contributed by atoms with Gasteiger partial charge < -0.3 is 14.8 Å². The van der Waals surface area contributed by atoms with E-state index in [0.29, 0.717) is 37.2 Å². The van der Waals surface area contributed by atoms with Crippen molar-refractivity contribution in [1.29, 1.82) is 0 Å². The highest BCUT2D eigenvalue weighted by atomic mass is 32.2. The van der Waals surface area contributed by atoms with Crippen molar-refractivity contribution in [2.45, 2.75) is 49.8 Å². The number of thiazole rings is 1. The predicted octanol–water partition coefficient (Wildman–Crippen LogP) is 2.38. The Kier molecular flexibility index (Phi) is 7.88. The third-order valence-electron chi connectivity index (χ3n) is 6.88. The van der Waals surface area contributed by atoms with E-state index in [9.17, 15) is 18.0 Å². The first-order valence-electron chi connectivity index (χ1n) is 12.0. The number of sulfonamides is 1. The fourth-order valence-electron chi connectivity index (χ4n) is 4.80. The summed E-state index contributed by atoms with van der Waals surface area (Å²) >= 11 is 1.05. The molecule has 1 N–H and O–H groups in total. The number of piperidine rings is 1. The molecule has 0 saturated carbocycles. The minimum absolute atomic E-state index is 0.0402. The van der Waals surface area contributed by atoms with Crippen LogP contribution in [0.4, 0.5) is 0 Å². The second kappa shape index (κ2) is 10.7. The maximum absolute atomic E-state index is 13.1. The molecule has 33 heavy (non-hydrogen) atoms. The Hall–Kier alpha value is -1.75. The van der Waals surface area contributed by atoms with Crippen LogP contribution in [-0.2, 0) is 21.9 Å². The summed E-state index contributed by atoms with van der Waals surface area (Å²) < 4.78 is 29.9. The van der Waals surface area contributed by atoms with Gasteiger partial charge >= 0.3 is 4.87 Å². The number of benzene rings is 1. The van der Waals surface area contributed by atoms with Crippen LogP contribution in [0.1, 0.15) is 44.9 Å². The fraction of sp³-hybridized carbons (Fsp3) is 0.652. The van der Waals surface area contributed by atoms with Crippen LogP contribution >= 0.6 is 11.3 Å². The van der Waals surface area contributed by atoms with Gasteiger partial charge in [0.15, 0.2) is 0 Å². The average Bonchev–Trinajstić information content (AvgIpc) is 2.98. The van der Waals surface area contributed by atoms with Crippen molar-refractivity contribution in [1.82, 2.24) is 19.1 Å². The number of nitrogens with zero attached hydrogens (tertiary/aromatic N) is 3. The molecule has 4 rings (SSSR count). The molecule has 0 bridgehead atoms. The van der Waals surface area contributed by atoms with Gasteiger partial charge in [-0.2, -0.15) is 4.31 Å². The van der Waals surface area contributed by atoms with E-state index in [-0.39, 0.29) is 21.6 Å². The summed E-state index contributed by atoms with van der Waals surface area (Å²) in [6.07, 6.45) is 7.19. The number of fused-ring (bicyclic) bond motifs is 1. The highest BCUT2D eigenvalue weighted by Gasteiger charge is 2.32. The summed E-state index contributed by atoms with van der Waals surface area (Å²) in [6.45, 7) is 4.69. The summed E-state index contributed by atoms with van der Waals surface area (Å²) in [6, 6.07) is 4.83. The number of rotatable bonds is 7. The predicted molar refractivity (Wildman–Crippen MR) is 131 cm³/mol. The Labute approximate surface area is 199 Å². The van der Waals surface area contributed by atoms with Gasteiger partial charge in [0.2, 0.25) is 15.9 Å². The molecule has 0 unspecified atom stereocenters. The van der Waals surface area contributed by atoms with Crippen molar-refractivity contribution in [2.24, 2.45) is 13.0 Å². The van der Waals surface area contributed by atoms with Gasteiger partial charge in [0.05, 0.1) is 15.1 Å². The molecule has 1 aromatic heterocycles. The van der Waals surface area contributed by atoms with Gasteiger partial charge in [0, 0.05) is 32.6 Å². The van der Waals surface area contributed by atoms with Gasteiger partial charge in [-0.25, -0.2) is 8.42 Å². The zero-order valence-electron chi connectivity index (χ0n) is 19.3. The zero-order valence-corrected chi connectivity index (χ0v) is 20.9. The van der Waals surface area contributed by atoms with E-state index in [1.54, 1.807) is 25.2 Å². The summed E-state index contributed by atoms with van der Waals surface area (Å²) in [5.41, 5.74) is 0.732. The minimum atomic E-state index is -3.65. The molecule has 2 aromatic rings. The Balaban J connectivity index is 1.26. The maximum atomic E-state index is 13.1. The van der Waals surface area contributed by atoms with E-state index in [4.69, 9.17) is 0 Å². The van der Waals surface area contributed by atoms with E-state index in [2.05, 4.69) is 10.2 Å².